The third-order valence-electron chi connectivity index (χ3n) is 6.81. The van der Waals surface area contributed by atoms with E-state index in [4.69, 9.17) is 10.5 Å². The van der Waals surface area contributed by atoms with E-state index in [0.717, 1.165) is 18.4 Å². The highest BCUT2D eigenvalue weighted by Crippen LogP contribution is 2.58. The molecule has 3 rings (SSSR count). The molecule has 0 radical (unpaired) electrons. The normalized spacial score (nSPS) is 24.4. The molecule has 1 aromatic carbocycles. The molecule has 6 nitrogen and oxygen atoms in total. The summed E-state index contributed by atoms with van der Waals surface area (Å²) in [4.78, 5) is 0. The third-order valence-corrected chi connectivity index (χ3v) is 7.63. The Morgan fingerprint density at radius 2 is 1.91 bits per heavy atom. The van der Waals surface area contributed by atoms with E-state index < -0.39 is 11.3 Å². The molecule has 3 unspecified atom stereocenters. The zero-order valence-electron chi connectivity index (χ0n) is 18.7. The monoisotopic (exact) mass is 542 g/mol. The number of hydrogen-bond donors (Lipinski definition) is 2. The smallest absolute Gasteiger partial charge is 0.191 e. The summed E-state index contributed by atoms with van der Waals surface area (Å²) in [5, 5.41) is 40.9. The predicted molar refractivity (Wildman–Crippen MR) is 129 cm³/mol. The fourth-order valence-electron chi connectivity index (χ4n) is 5.01. The second-order valence-electron chi connectivity index (χ2n) is 9.49. The molecule has 2 aliphatic carbocycles. The van der Waals surface area contributed by atoms with Gasteiger partial charge in [0.25, 0.3) is 0 Å². The highest BCUT2D eigenvalue weighted by molar-refractivity contribution is 14.1. The van der Waals surface area contributed by atoms with E-state index in [0.29, 0.717) is 27.4 Å². The molecule has 0 aromatic heterocycles. The molecule has 3 N–H and O–H groups in total. The Hall–Kier alpha value is -2.70. The summed E-state index contributed by atoms with van der Waals surface area (Å²) in [5.41, 5.74) is 6.50. The maximum absolute atomic E-state index is 10.5. The van der Waals surface area contributed by atoms with Crippen molar-refractivity contribution in [3.63, 3.8) is 0 Å². The van der Waals surface area contributed by atoms with Crippen molar-refractivity contribution in [1.82, 2.24) is 0 Å². The summed E-state index contributed by atoms with van der Waals surface area (Å²) in [5.74, 6) is -0.180. The SMILES string of the molecule is CCOc1cc(C2C3CC(C(C)(C)C)CC=C3C(C#N)=C(N)C2(C#N)C#N)cc(I)c1O. The number of benzene rings is 1. The van der Waals surface area contributed by atoms with E-state index in [-0.39, 0.29) is 28.4 Å². The molecule has 0 aliphatic heterocycles. The lowest BCUT2D eigenvalue weighted by atomic mass is 9.54. The molecule has 7 heteroatoms. The molecule has 0 heterocycles. The molecule has 0 spiro atoms. The van der Waals surface area contributed by atoms with Gasteiger partial charge in [-0.25, -0.2) is 0 Å². The van der Waals surface area contributed by atoms with Crippen molar-refractivity contribution in [1.29, 1.82) is 15.8 Å². The van der Waals surface area contributed by atoms with Crippen LogP contribution >= 0.6 is 22.6 Å². The number of rotatable bonds is 3. The standard InChI is InChI=1S/C25H27IN4O2/c1-5-32-20-9-14(8-19(26)22(20)31)21-17-10-15(24(2,3)4)6-7-16(17)18(11-27)23(30)25(21,12-28)13-29/h7-9,15,17,21,31H,5-6,10,30H2,1-4H3. The molecule has 0 fully saturated rings. The molecular formula is C25H27IN4O2. The number of phenols is 1. The summed E-state index contributed by atoms with van der Waals surface area (Å²) in [7, 11) is 0. The van der Waals surface area contributed by atoms with E-state index in [2.05, 4.69) is 45.1 Å². The molecule has 0 amide bonds. The van der Waals surface area contributed by atoms with Crippen molar-refractivity contribution < 1.29 is 9.84 Å². The number of hydrogen-bond acceptors (Lipinski definition) is 6. The molecule has 3 atom stereocenters. The van der Waals surface area contributed by atoms with Crippen LogP contribution in [0.5, 0.6) is 11.5 Å². The molecule has 2 aliphatic rings. The zero-order chi connectivity index (χ0) is 23.8. The molecule has 1 aromatic rings. The van der Waals surface area contributed by atoms with Gasteiger partial charge in [0.05, 0.1) is 33.6 Å². The Morgan fingerprint density at radius 1 is 1.25 bits per heavy atom. The van der Waals surface area contributed by atoms with Gasteiger partial charge < -0.3 is 15.6 Å². The van der Waals surface area contributed by atoms with Gasteiger partial charge in [0, 0.05) is 5.92 Å². The second-order valence-corrected chi connectivity index (χ2v) is 10.7. The van der Waals surface area contributed by atoms with Crippen LogP contribution in [-0.2, 0) is 0 Å². The number of nitrogens with zero attached hydrogens (tertiary/aromatic N) is 3. The number of nitriles is 3. The zero-order valence-corrected chi connectivity index (χ0v) is 20.9. The highest BCUT2D eigenvalue weighted by Gasteiger charge is 2.55. The van der Waals surface area contributed by atoms with Gasteiger partial charge in [0.2, 0.25) is 0 Å². The third kappa shape index (κ3) is 3.71. The van der Waals surface area contributed by atoms with Gasteiger partial charge >= 0.3 is 0 Å². The maximum Gasteiger partial charge on any atom is 0.191 e. The van der Waals surface area contributed by atoms with Gasteiger partial charge in [-0.15, -0.1) is 0 Å². The van der Waals surface area contributed by atoms with Crippen LogP contribution in [0.25, 0.3) is 0 Å². The van der Waals surface area contributed by atoms with Gasteiger partial charge in [-0.2, -0.15) is 15.8 Å². The first-order valence-corrected chi connectivity index (χ1v) is 11.7. The quantitative estimate of drug-likeness (QED) is 0.502. The lowest BCUT2D eigenvalue weighted by molar-refractivity contribution is 0.170. The lowest BCUT2D eigenvalue weighted by Crippen LogP contribution is -2.44. The largest absolute Gasteiger partial charge is 0.504 e. The Bertz CT molecular complexity index is 1110. The summed E-state index contributed by atoms with van der Waals surface area (Å²) in [6, 6.07) is 10.0. The fourth-order valence-corrected chi connectivity index (χ4v) is 5.64. The number of halogens is 1. The first-order valence-electron chi connectivity index (χ1n) is 10.6. The molecule has 0 saturated carbocycles. The Kier molecular flexibility index (Phi) is 6.50. The van der Waals surface area contributed by atoms with Crippen LogP contribution in [0.3, 0.4) is 0 Å². The van der Waals surface area contributed by atoms with Crippen molar-refractivity contribution in [3.8, 4) is 29.7 Å². The van der Waals surface area contributed by atoms with Gasteiger partial charge in [-0.1, -0.05) is 26.8 Å². The van der Waals surface area contributed by atoms with Gasteiger partial charge in [0.15, 0.2) is 16.9 Å². The molecule has 0 bridgehead atoms. The average Bonchev–Trinajstić information content (AvgIpc) is 2.75. The Morgan fingerprint density at radius 3 is 2.44 bits per heavy atom. The number of aromatic hydroxyl groups is 1. The van der Waals surface area contributed by atoms with Crippen molar-refractivity contribution in [3.05, 3.63) is 44.2 Å². The summed E-state index contributed by atoms with van der Waals surface area (Å²) < 4.78 is 6.20. The van der Waals surface area contributed by atoms with Crippen molar-refractivity contribution in [2.75, 3.05) is 6.61 Å². The van der Waals surface area contributed by atoms with E-state index in [9.17, 15) is 20.9 Å². The van der Waals surface area contributed by atoms with Crippen LogP contribution < -0.4 is 10.5 Å². The number of ether oxygens (including phenoxy) is 1. The van der Waals surface area contributed by atoms with E-state index in [1.165, 1.54) is 0 Å². The summed E-state index contributed by atoms with van der Waals surface area (Å²) in [6.07, 6.45) is 3.60. The second kappa shape index (κ2) is 8.68. The minimum Gasteiger partial charge on any atom is -0.504 e. The van der Waals surface area contributed by atoms with Crippen molar-refractivity contribution >= 4 is 22.6 Å². The first-order chi connectivity index (χ1) is 15.0. The predicted octanol–water partition coefficient (Wildman–Crippen LogP) is 5.26. The highest BCUT2D eigenvalue weighted by atomic mass is 127. The molecular weight excluding hydrogens is 515 g/mol. The number of nitrogens with two attached hydrogens (primary N) is 1. The minimum atomic E-state index is -1.70. The number of phenolic OH excluding ortho intramolecular Hbond substituents is 1. The average molecular weight is 542 g/mol. The van der Waals surface area contributed by atoms with E-state index in [1.54, 1.807) is 12.1 Å². The van der Waals surface area contributed by atoms with Crippen LogP contribution in [0, 0.1) is 60.2 Å². The van der Waals surface area contributed by atoms with E-state index in [1.807, 2.05) is 29.5 Å². The van der Waals surface area contributed by atoms with Gasteiger partial charge in [0.1, 0.15) is 6.07 Å². The molecule has 0 saturated heterocycles. The van der Waals surface area contributed by atoms with Gasteiger partial charge in [-0.3, -0.25) is 0 Å². The lowest BCUT2D eigenvalue weighted by Gasteiger charge is -2.47. The van der Waals surface area contributed by atoms with Crippen LogP contribution in [-0.4, -0.2) is 11.7 Å². The fraction of sp³-hybridized carbons (Fsp3) is 0.480. The Balaban J connectivity index is 2.34. The maximum atomic E-state index is 10.5. The van der Waals surface area contributed by atoms with Crippen LogP contribution in [0.1, 0.15) is 52.0 Å². The van der Waals surface area contributed by atoms with Gasteiger partial charge in [-0.05, 0) is 82.9 Å². The van der Waals surface area contributed by atoms with Crippen molar-refractivity contribution in [2.45, 2.75) is 46.5 Å². The molecule has 166 valence electrons. The minimum absolute atomic E-state index is 0.00718. The van der Waals surface area contributed by atoms with Crippen LogP contribution in [0.15, 0.2) is 35.1 Å². The topological polar surface area (TPSA) is 127 Å². The Labute approximate surface area is 203 Å². The summed E-state index contributed by atoms with van der Waals surface area (Å²) >= 11 is 2.02. The summed E-state index contributed by atoms with van der Waals surface area (Å²) in [6.45, 7) is 8.73. The van der Waals surface area contributed by atoms with Crippen LogP contribution in [0.2, 0.25) is 0 Å². The van der Waals surface area contributed by atoms with Crippen LogP contribution in [0.4, 0.5) is 0 Å². The number of fused-ring (bicyclic) bond motifs is 1. The molecule has 32 heavy (non-hydrogen) atoms. The van der Waals surface area contributed by atoms with E-state index >= 15 is 0 Å². The van der Waals surface area contributed by atoms with Crippen molar-refractivity contribution in [2.24, 2.45) is 28.4 Å². The first kappa shape index (κ1) is 24.0. The number of allylic oxidation sites excluding steroid dienone is 4.